The fourth-order valence-corrected chi connectivity index (χ4v) is 70.7. The van der Waals surface area contributed by atoms with Gasteiger partial charge in [-0.05, 0) is 16.0 Å². The molecule has 0 saturated heterocycles. The molecular formula is C17H35IOSi4. The van der Waals surface area contributed by atoms with Crippen molar-refractivity contribution in [3.05, 3.63) is 24.3 Å². The first-order valence-electron chi connectivity index (χ1n) is 8.48. The predicted octanol–water partition coefficient (Wildman–Crippen LogP) is 5.43. The summed E-state index contributed by atoms with van der Waals surface area (Å²) in [5, 5.41) is 1.62. The van der Waals surface area contributed by atoms with Crippen molar-refractivity contribution in [1.29, 1.82) is 0 Å². The first kappa shape index (κ1) is 21.7. The molecule has 6 heteroatoms. The van der Waals surface area contributed by atoms with E-state index in [1.165, 1.54) is 0 Å². The highest BCUT2D eigenvalue weighted by Gasteiger charge is 2.63. The van der Waals surface area contributed by atoms with E-state index in [1.54, 1.807) is 12.3 Å². The molecule has 1 atom stereocenters. The van der Waals surface area contributed by atoms with Crippen molar-refractivity contribution < 1.29 is 4.74 Å². The van der Waals surface area contributed by atoms with Gasteiger partial charge in [0.25, 0.3) is 0 Å². The first-order valence-corrected chi connectivity index (χ1v) is 24.3. The van der Waals surface area contributed by atoms with Gasteiger partial charge in [0.1, 0.15) is 12.0 Å². The lowest BCUT2D eigenvalue weighted by Gasteiger charge is -2.61. The van der Waals surface area contributed by atoms with Gasteiger partial charge in [0.2, 0.25) is 0 Å². The molecular weight excluding hydrogens is 459 g/mol. The number of methoxy groups -OCH3 is 1. The highest BCUT2D eigenvalue weighted by Crippen LogP contribution is 2.56. The van der Waals surface area contributed by atoms with Crippen molar-refractivity contribution in [3.63, 3.8) is 0 Å². The summed E-state index contributed by atoms with van der Waals surface area (Å²) < 4.78 is 6.04. The molecule has 0 aliphatic carbocycles. The minimum Gasteiger partial charge on any atom is -0.497 e. The van der Waals surface area contributed by atoms with Crippen LogP contribution in [0.3, 0.4) is 0 Å². The Morgan fingerprint density at radius 2 is 1.13 bits per heavy atom. The second-order valence-electron chi connectivity index (χ2n) is 9.69. The zero-order valence-electron chi connectivity index (χ0n) is 16.7. The lowest BCUT2D eigenvalue weighted by molar-refractivity contribution is 0.415. The van der Waals surface area contributed by atoms with E-state index < -0.39 is 30.5 Å². The summed E-state index contributed by atoms with van der Waals surface area (Å²) in [6, 6.07) is 9.05. The molecule has 1 aromatic rings. The van der Waals surface area contributed by atoms with Gasteiger partial charge < -0.3 is 4.74 Å². The molecule has 23 heavy (non-hydrogen) atoms. The summed E-state index contributed by atoms with van der Waals surface area (Å²) >= 11 is 2.92. The highest BCUT2D eigenvalue weighted by atomic mass is 127. The Kier molecular flexibility index (Phi) is 6.67. The molecule has 1 aromatic carbocycles. The molecule has 0 heterocycles. The summed E-state index contributed by atoms with van der Waals surface area (Å²) in [6.07, 6.45) is -1.12. The van der Waals surface area contributed by atoms with Crippen LogP contribution in [0.25, 0.3) is 0 Å². The summed E-state index contributed by atoms with van der Waals surface area (Å²) in [5.41, 5.74) is 0. The monoisotopic (exact) mass is 494 g/mol. The van der Waals surface area contributed by atoms with Gasteiger partial charge in [-0.3, -0.25) is 0 Å². The van der Waals surface area contributed by atoms with Crippen molar-refractivity contribution >= 4 is 57.5 Å². The maximum absolute atomic E-state index is 5.38. The number of halogens is 1. The second-order valence-corrected chi connectivity index (χ2v) is 34.8. The maximum Gasteiger partial charge on any atom is 0.139 e. The van der Waals surface area contributed by atoms with Crippen LogP contribution in [-0.4, -0.2) is 37.6 Å². The van der Waals surface area contributed by atoms with Crippen molar-refractivity contribution in [2.45, 2.75) is 62.8 Å². The van der Waals surface area contributed by atoms with Crippen LogP contribution in [0.4, 0.5) is 0 Å². The van der Waals surface area contributed by atoms with Gasteiger partial charge in [0, 0.05) is 24.2 Å². The SMILES string of the molecule is COc1ccc([SiH](I)C([Si](C)(C)C)([Si](C)(C)C)[Si](C)(C)C)cc1. The first-order chi connectivity index (χ1) is 10.2. The number of hydrogen-bond donors (Lipinski definition) is 0. The molecule has 0 aliphatic heterocycles. The Morgan fingerprint density at radius 1 is 0.783 bits per heavy atom. The lowest BCUT2D eigenvalue weighted by Crippen LogP contribution is -2.73. The number of rotatable bonds is 6. The molecule has 0 radical (unpaired) electrons. The van der Waals surface area contributed by atoms with E-state index in [4.69, 9.17) is 4.74 Å². The van der Waals surface area contributed by atoms with Gasteiger partial charge in [0.15, 0.2) is 0 Å². The predicted molar refractivity (Wildman–Crippen MR) is 127 cm³/mol. The van der Waals surface area contributed by atoms with E-state index in [-0.39, 0.29) is 0 Å². The van der Waals surface area contributed by atoms with E-state index in [2.05, 4.69) is 105 Å². The molecule has 0 bridgehead atoms. The Hall–Kier alpha value is 0.618. The van der Waals surface area contributed by atoms with Crippen molar-refractivity contribution in [1.82, 2.24) is 0 Å². The van der Waals surface area contributed by atoms with Gasteiger partial charge in [0.05, 0.1) is 7.11 Å². The van der Waals surface area contributed by atoms with Crippen LogP contribution < -0.4 is 9.92 Å². The van der Waals surface area contributed by atoms with Crippen molar-refractivity contribution in [3.8, 4) is 5.75 Å². The third-order valence-electron chi connectivity index (χ3n) is 5.34. The number of ether oxygens (including phenoxy) is 1. The largest absolute Gasteiger partial charge is 0.497 e. The third-order valence-corrected chi connectivity index (χ3v) is 48.3. The zero-order valence-corrected chi connectivity index (χ0v) is 23.0. The van der Waals surface area contributed by atoms with Crippen molar-refractivity contribution in [2.24, 2.45) is 0 Å². The average Bonchev–Trinajstić information content (AvgIpc) is 2.34. The topological polar surface area (TPSA) is 9.23 Å². The Balaban J connectivity index is 3.62. The van der Waals surface area contributed by atoms with E-state index in [1.807, 2.05) is 0 Å². The molecule has 1 unspecified atom stereocenters. The third kappa shape index (κ3) is 3.91. The van der Waals surface area contributed by atoms with Gasteiger partial charge in [-0.1, -0.05) is 76.2 Å². The van der Waals surface area contributed by atoms with E-state index in [0.717, 1.165) is 5.75 Å². The molecule has 0 amide bonds. The molecule has 1 rings (SSSR count). The number of hydrogen-bond acceptors (Lipinski definition) is 1. The molecule has 0 N–H and O–H groups in total. The fraction of sp³-hybridized carbons (Fsp3) is 0.647. The van der Waals surface area contributed by atoms with E-state index in [0.29, 0.717) is 3.91 Å². The van der Waals surface area contributed by atoms with E-state index >= 15 is 0 Å². The normalized spacial score (nSPS) is 15.4. The molecule has 132 valence electrons. The molecule has 0 aliphatic rings. The summed E-state index contributed by atoms with van der Waals surface area (Å²) in [6.45, 7) is 23.8. The Labute approximate surface area is 161 Å². The summed E-state index contributed by atoms with van der Waals surface area (Å²) in [4.78, 5) is 0. The molecule has 0 saturated carbocycles. The Bertz CT molecular complexity index is 487. The van der Waals surface area contributed by atoms with Crippen LogP contribution in [0.1, 0.15) is 0 Å². The Morgan fingerprint density at radius 3 is 1.39 bits per heavy atom. The zero-order chi connectivity index (χ0) is 18.3. The van der Waals surface area contributed by atoms with Crippen LogP contribution >= 0.6 is 21.8 Å². The van der Waals surface area contributed by atoms with Gasteiger partial charge in [-0.2, -0.15) is 0 Å². The van der Waals surface area contributed by atoms with Crippen molar-refractivity contribution in [2.75, 3.05) is 7.11 Å². The number of benzene rings is 1. The van der Waals surface area contributed by atoms with Crippen LogP contribution in [0.5, 0.6) is 5.75 Å². The average molecular weight is 495 g/mol. The van der Waals surface area contributed by atoms with E-state index in [9.17, 15) is 0 Å². The summed E-state index contributed by atoms with van der Waals surface area (Å²) in [7, 11) is -2.23. The minimum atomic E-state index is -1.33. The summed E-state index contributed by atoms with van der Waals surface area (Å²) in [5.74, 6) is 0.978. The maximum atomic E-state index is 5.38. The molecule has 0 fully saturated rings. The highest BCUT2D eigenvalue weighted by molar-refractivity contribution is 14.1. The molecule has 0 spiro atoms. The van der Waals surface area contributed by atoms with Gasteiger partial charge in [-0.15, -0.1) is 21.8 Å². The molecule has 0 aromatic heterocycles. The minimum absolute atomic E-state index is 0.669. The van der Waals surface area contributed by atoms with Gasteiger partial charge >= 0.3 is 0 Å². The standard InChI is InChI=1S/C17H35IOSi4/c1-19-15-11-13-16(14-12-15)20(18)17(21(2,3)4,22(5,6)7)23(8,9)10/h11-14,20H,1-10H3. The van der Waals surface area contributed by atoms with Crippen LogP contribution in [0.15, 0.2) is 24.3 Å². The van der Waals surface area contributed by atoms with Crippen LogP contribution in [-0.2, 0) is 0 Å². The van der Waals surface area contributed by atoms with Gasteiger partial charge in [-0.25, -0.2) is 0 Å². The smallest absolute Gasteiger partial charge is 0.139 e. The molecule has 1 nitrogen and oxygen atoms in total. The lowest BCUT2D eigenvalue weighted by atomic mass is 10.3. The van der Waals surface area contributed by atoms with Crippen LogP contribution in [0.2, 0.25) is 62.8 Å². The quantitative estimate of drug-likeness (QED) is 0.291. The fourth-order valence-electron chi connectivity index (χ4n) is 5.54. The van der Waals surface area contributed by atoms with Crippen LogP contribution in [0, 0.1) is 0 Å². The second kappa shape index (κ2) is 7.09.